The molecule has 2 N–H and O–H groups in total. The van der Waals surface area contributed by atoms with Crippen LogP contribution < -0.4 is 5.73 Å². The highest BCUT2D eigenvalue weighted by Crippen LogP contribution is 2.29. The number of hydrogen-bond donors (Lipinski definition) is 1. The van der Waals surface area contributed by atoms with Crippen LogP contribution in [-0.2, 0) is 0 Å². The molecule has 1 fully saturated rings. The van der Waals surface area contributed by atoms with Crippen LogP contribution >= 0.6 is 0 Å². The van der Waals surface area contributed by atoms with Crippen molar-refractivity contribution >= 4 is 11.6 Å². The largest absolute Gasteiger partial charge is 0.398 e. The first-order valence-electron chi connectivity index (χ1n) is 6.86. The van der Waals surface area contributed by atoms with Crippen molar-refractivity contribution < 1.29 is 13.6 Å². The average Bonchev–Trinajstić information content (AvgIpc) is 2.37. The molecule has 5 heteroatoms. The third-order valence-electron chi connectivity index (χ3n) is 4.18. The fourth-order valence-electron chi connectivity index (χ4n) is 2.89. The first-order valence-corrected chi connectivity index (χ1v) is 6.86. The molecule has 110 valence electrons. The Labute approximate surface area is 117 Å². The van der Waals surface area contributed by atoms with Gasteiger partial charge in [0.2, 0.25) is 0 Å². The van der Waals surface area contributed by atoms with Crippen molar-refractivity contribution in [2.45, 2.75) is 33.2 Å². The number of likely N-dealkylation sites (tertiary alicyclic amines) is 1. The van der Waals surface area contributed by atoms with Crippen LogP contribution in [0.3, 0.4) is 0 Å². The molecule has 0 radical (unpaired) electrons. The summed E-state index contributed by atoms with van der Waals surface area (Å²) in [6.45, 7) is 6.76. The molecule has 1 aliphatic heterocycles. The number of piperidine rings is 1. The second kappa shape index (κ2) is 5.38. The zero-order valence-corrected chi connectivity index (χ0v) is 12.0. The van der Waals surface area contributed by atoms with Gasteiger partial charge in [0.1, 0.15) is 0 Å². The van der Waals surface area contributed by atoms with Gasteiger partial charge in [-0.1, -0.05) is 13.8 Å². The Morgan fingerprint density at radius 1 is 1.25 bits per heavy atom. The minimum Gasteiger partial charge on any atom is -0.398 e. The number of carbonyl (C=O) groups is 1. The lowest BCUT2D eigenvalue weighted by atomic mass is 9.85. The van der Waals surface area contributed by atoms with Crippen LogP contribution in [-0.4, -0.2) is 23.4 Å². The molecule has 2 rings (SSSR count). The topological polar surface area (TPSA) is 46.3 Å². The minimum absolute atomic E-state index is 0.0213. The molecule has 0 spiro atoms. The van der Waals surface area contributed by atoms with Crippen LogP contribution in [0.15, 0.2) is 12.1 Å². The van der Waals surface area contributed by atoms with E-state index >= 15 is 0 Å². The molecule has 1 heterocycles. The summed E-state index contributed by atoms with van der Waals surface area (Å²) in [5, 5.41) is 0. The minimum atomic E-state index is -1.05. The number of amides is 1. The van der Waals surface area contributed by atoms with Crippen LogP contribution in [0.5, 0.6) is 0 Å². The van der Waals surface area contributed by atoms with Crippen molar-refractivity contribution in [3.05, 3.63) is 29.3 Å². The molecule has 3 atom stereocenters. The first-order chi connectivity index (χ1) is 9.31. The van der Waals surface area contributed by atoms with Crippen molar-refractivity contribution in [1.82, 2.24) is 4.90 Å². The van der Waals surface area contributed by atoms with E-state index in [0.717, 1.165) is 18.6 Å². The van der Waals surface area contributed by atoms with Crippen molar-refractivity contribution in [1.29, 1.82) is 0 Å². The van der Waals surface area contributed by atoms with E-state index in [1.54, 1.807) is 4.90 Å². The second-order valence-electron chi connectivity index (χ2n) is 5.87. The van der Waals surface area contributed by atoms with Crippen LogP contribution in [0.25, 0.3) is 0 Å². The van der Waals surface area contributed by atoms with Gasteiger partial charge < -0.3 is 10.6 Å². The molecule has 0 bridgehead atoms. The highest BCUT2D eigenvalue weighted by molar-refractivity contribution is 5.99. The Morgan fingerprint density at radius 3 is 2.50 bits per heavy atom. The smallest absolute Gasteiger partial charge is 0.256 e. The molecular weight excluding hydrogens is 262 g/mol. The van der Waals surface area contributed by atoms with Gasteiger partial charge in [-0.2, -0.15) is 0 Å². The van der Waals surface area contributed by atoms with E-state index in [1.807, 2.05) is 6.92 Å². The maximum atomic E-state index is 13.3. The third-order valence-corrected chi connectivity index (χ3v) is 4.18. The van der Waals surface area contributed by atoms with Gasteiger partial charge in [0, 0.05) is 24.3 Å². The van der Waals surface area contributed by atoms with Crippen molar-refractivity contribution in [2.24, 2.45) is 11.8 Å². The molecule has 0 aliphatic carbocycles. The number of rotatable bonds is 1. The predicted molar refractivity (Wildman–Crippen MR) is 74.2 cm³/mol. The lowest BCUT2D eigenvalue weighted by molar-refractivity contribution is 0.0456. The molecule has 3 nitrogen and oxygen atoms in total. The normalized spacial score (nSPS) is 26.6. The first kappa shape index (κ1) is 14.8. The number of carbonyl (C=O) groups excluding carboxylic acids is 1. The fourth-order valence-corrected chi connectivity index (χ4v) is 2.89. The average molecular weight is 282 g/mol. The Balaban J connectivity index is 2.33. The van der Waals surface area contributed by atoms with Gasteiger partial charge in [-0.25, -0.2) is 8.78 Å². The van der Waals surface area contributed by atoms with E-state index in [0.29, 0.717) is 18.4 Å². The van der Waals surface area contributed by atoms with E-state index in [-0.39, 0.29) is 23.2 Å². The monoisotopic (exact) mass is 282 g/mol. The van der Waals surface area contributed by atoms with Crippen molar-refractivity contribution in [3.63, 3.8) is 0 Å². The Hall–Kier alpha value is -1.65. The SMILES string of the molecule is CC1CC(C)C(C)N(C(=O)c2cc(F)c(F)cc2N)C1. The number of nitrogens with two attached hydrogens (primary N) is 1. The maximum Gasteiger partial charge on any atom is 0.256 e. The van der Waals surface area contributed by atoms with Crippen LogP contribution in [0.4, 0.5) is 14.5 Å². The zero-order chi connectivity index (χ0) is 15.0. The summed E-state index contributed by atoms with van der Waals surface area (Å²) < 4.78 is 26.4. The number of hydrogen-bond acceptors (Lipinski definition) is 2. The molecule has 20 heavy (non-hydrogen) atoms. The number of halogens is 2. The predicted octanol–water partition coefficient (Wildman–Crippen LogP) is 3.05. The van der Waals surface area contributed by atoms with E-state index in [1.165, 1.54) is 0 Å². The van der Waals surface area contributed by atoms with Gasteiger partial charge in [-0.15, -0.1) is 0 Å². The van der Waals surface area contributed by atoms with Gasteiger partial charge in [0.15, 0.2) is 11.6 Å². The van der Waals surface area contributed by atoms with Gasteiger partial charge in [0.25, 0.3) is 5.91 Å². The highest BCUT2D eigenvalue weighted by atomic mass is 19.2. The number of benzene rings is 1. The summed E-state index contributed by atoms with van der Waals surface area (Å²) in [7, 11) is 0. The maximum absolute atomic E-state index is 13.3. The van der Waals surface area contributed by atoms with E-state index < -0.39 is 11.6 Å². The molecule has 1 saturated heterocycles. The van der Waals surface area contributed by atoms with E-state index in [9.17, 15) is 13.6 Å². The van der Waals surface area contributed by atoms with Gasteiger partial charge in [-0.05, 0) is 31.2 Å². The molecular formula is C15H20F2N2O. The highest BCUT2D eigenvalue weighted by Gasteiger charge is 2.33. The van der Waals surface area contributed by atoms with Crippen molar-refractivity contribution in [3.8, 4) is 0 Å². The molecule has 0 saturated carbocycles. The standard InChI is InChI=1S/C15H20F2N2O/c1-8-4-9(2)10(3)19(7-8)15(20)11-5-12(16)13(17)6-14(11)18/h5-6,8-10H,4,7,18H2,1-3H3. The lowest BCUT2D eigenvalue weighted by Crippen LogP contribution is -2.49. The summed E-state index contributed by atoms with van der Waals surface area (Å²) in [5.41, 5.74) is 5.68. The Bertz CT molecular complexity index is 533. The molecule has 1 amide bonds. The van der Waals surface area contributed by atoms with Crippen LogP contribution in [0.1, 0.15) is 37.6 Å². The summed E-state index contributed by atoms with van der Waals surface area (Å²) in [4.78, 5) is 14.3. The second-order valence-corrected chi connectivity index (χ2v) is 5.87. The number of anilines is 1. The molecule has 1 aromatic rings. The Kier molecular flexibility index (Phi) is 3.97. The lowest BCUT2D eigenvalue weighted by Gasteiger charge is -2.41. The number of nitrogens with zero attached hydrogens (tertiary/aromatic N) is 1. The third kappa shape index (κ3) is 2.62. The van der Waals surface area contributed by atoms with E-state index in [2.05, 4.69) is 13.8 Å². The van der Waals surface area contributed by atoms with Gasteiger partial charge in [0.05, 0.1) is 5.56 Å². The number of nitrogen functional groups attached to an aromatic ring is 1. The summed E-state index contributed by atoms with van der Waals surface area (Å²) in [6.07, 6.45) is 1.05. The molecule has 1 aromatic carbocycles. The van der Waals surface area contributed by atoms with Crippen molar-refractivity contribution in [2.75, 3.05) is 12.3 Å². The summed E-state index contributed by atoms with van der Waals surface area (Å²) in [5.74, 6) is -1.65. The summed E-state index contributed by atoms with van der Waals surface area (Å²) in [6, 6.07) is 1.82. The van der Waals surface area contributed by atoms with Gasteiger partial charge >= 0.3 is 0 Å². The molecule has 0 aromatic heterocycles. The fraction of sp³-hybridized carbons (Fsp3) is 0.533. The Morgan fingerprint density at radius 2 is 1.85 bits per heavy atom. The van der Waals surface area contributed by atoms with Crippen LogP contribution in [0, 0.1) is 23.5 Å². The summed E-state index contributed by atoms with van der Waals surface area (Å²) >= 11 is 0. The molecule has 1 aliphatic rings. The van der Waals surface area contributed by atoms with E-state index in [4.69, 9.17) is 5.73 Å². The quantitative estimate of drug-likeness (QED) is 0.805. The van der Waals surface area contributed by atoms with Crippen LogP contribution in [0.2, 0.25) is 0 Å². The molecule has 3 unspecified atom stereocenters. The van der Waals surface area contributed by atoms with Gasteiger partial charge in [-0.3, -0.25) is 4.79 Å². The zero-order valence-electron chi connectivity index (χ0n) is 12.0.